The summed E-state index contributed by atoms with van der Waals surface area (Å²) in [6, 6.07) is 0. The van der Waals surface area contributed by atoms with E-state index in [1.165, 1.54) is 6.20 Å². The van der Waals surface area contributed by atoms with Crippen LogP contribution in [0.5, 0.6) is 0 Å². The molecule has 0 aliphatic rings. The predicted octanol–water partition coefficient (Wildman–Crippen LogP) is 2.22. The van der Waals surface area contributed by atoms with Crippen molar-refractivity contribution in [3.8, 4) is 0 Å². The summed E-state index contributed by atoms with van der Waals surface area (Å²) >= 11 is 5.41. The van der Waals surface area contributed by atoms with Crippen molar-refractivity contribution in [3.05, 3.63) is 47.9 Å². The van der Waals surface area contributed by atoms with Gasteiger partial charge in [0, 0.05) is 11.9 Å². The zero-order valence-electron chi connectivity index (χ0n) is 7.05. The first-order valence-electron chi connectivity index (χ1n) is 3.53. The van der Waals surface area contributed by atoms with Crippen molar-refractivity contribution in [2.75, 3.05) is 0 Å². The van der Waals surface area contributed by atoms with E-state index in [9.17, 15) is 0 Å². The Hall–Kier alpha value is -1.15. The Morgan fingerprint density at radius 2 is 2.25 bits per heavy atom. The molecule has 0 amide bonds. The van der Waals surface area contributed by atoms with Crippen LogP contribution in [0.3, 0.4) is 0 Å². The molecule has 0 bridgehead atoms. The molecule has 0 saturated heterocycles. The molecule has 0 spiro atoms. The fourth-order valence-electron chi connectivity index (χ4n) is 0.527. The molecule has 0 fully saturated rings. The normalized spacial score (nSPS) is 13.5. The van der Waals surface area contributed by atoms with Crippen molar-refractivity contribution < 1.29 is 0 Å². The zero-order valence-corrected chi connectivity index (χ0v) is 7.81. The Bertz CT molecular complexity index is 223. The van der Waals surface area contributed by atoms with E-state index >= 15 is 0 Å². The molecule has 0 heterocycles. The van der Waals surface area contributed by atoms with E-state index in [4.69, 9.17) is 17.3 Å². The van der Waals surface area contributed by atoms with Gasteiger partial charge in [-0.2, -0.15) is 0 Å². The Balaban J connectivity index is 4.18. The molecule has 0 aromatic carbocycles. The van der Waals surface area contributed by atoms with Crippen LogP contribution in [-0.2, 0) is 0 Å². The lowest BCUT2D eigenvalue weighted by molar-refractivity contribution is 1.10. The van der Waals surface area contributed by atoms with Gasteiger partial charge in [0.25, 0.3) is 0 Å². The highest BCUT2D eigenvalue weighted by molar-refractivity contribution is 6.28. The first-order valence-corrected chi connectivity index (χ1v) is 3.91. The fourth-order valence-corrected chi connectivity index (χ4v) is 0.582. The van der Waals surface area contributed by atoms with Crippen molar-refractivity contribution >= 4 is 11.6 Å². The fraction of sp³-hybridized carbons (Fsp3) is 0.111. The second kappa shape index (κ2) is 6.55. The lowest BCUT2D eigenvalue weighted by atomic mass is 10.3. The Morgan fingerprint density at radius 3 is 2.67 bits per heavy atom. The number of nitrogens with one attached hydrogen (secondary N) is 1. The lowest BCUT2D eigenvalue weighted by Crippen LogP contribution is -2.04. The number of hydrogen-bond acceptors (Lipinski definition) is 2. The third kappa shape index (κ3) is 5.62. The van der Waals surface area contributed by atoms with Gasteiger partial charge in [-0.25, -0.2) is 0 Å². The van der Waals surface area contributed by atoms with Gasteiger partial charge in [0.05, 0.1) is 0 Å². The smallest absolute Gasteiger partial charge is 0.115 e. The van der Waals surface area contributed by atoms with Gasteiger partial charge in [0.15, 0.2) is 0 Å². The van der Waals surface area contributed by atoms with Crippen molar-refractivity contribution in [2.24, 2.45) is 5.73 Å². The minimum absolute atomic E-state index is 0.211. The van der Waals surface area contributed by atoms with Gasteiger partial charge in [-0.3, -0.25) is 0 Å². The number of hydrogen-bond donors (Lipinski definition) is 2. The molecule has 12 heavy (non-hydrogen) atoms. The molecule has 0 radical (unpaired) electrons. The standard InChI is InChI=1S/C9H13ClN2/c1-3-5-6-8(4-2)12-7-9(10)11/h3-7,12H,2,11H2,1H3/b5-3-,8-6-,9-7-. The van der Waals surface area contributed by atoms with Crippen LogP contribution in [0.1, 0.15) is 6.92 Å². The van der Waals surface area contributed by atoms with Gasteiger partial charge in [-0.15, -0.1) is 0 Å². The quantitative estimate of drug-likeness (QED) is 0.520. The number of nitrogens with two attached hydrogens (primary N) is 1. The zero-order chi connectivity index (χ0) is 9.40. The van der Waals surface area contributed by atoms with Crippen molar-refractivity contribution in [1.29, 1.82) is 0 Å². The van der Waals surface area contributed by atoms with Gasteiger partial charge in [0.1, 0.15) is 5.16 Å². The molecule has 3 heteroatoms. The molecule has 0 aliphatic heterocycles. The van der Waals surface area contributed by atoms with E-state index in [2.05, 4.69) is 11.9 Å². The molecule has 0 rings (SSSR count). The number of halogens is 1. The number of rotatable bonds is 4. The molecule has 0 aromatic rings. The van der Waals surface area contributed by atoms with Gasteiger partial charge in [0.2, 0.25) is 0 Å². The Labute approximate surface area is 78.1 Å². The predicted molar refractivity (Wildman–Crippen MR) is 54.4 cm³/mol. The monoisotopic (exact) mass is 184 g/mol. The summed E-state index contributed by atoms with van der Waals surface area (Å²) in [5.41, 5.74) is 6.05. The Morgan fingerprint density at radius 1 is 1.58 bits per heavy atom. The van der Waals surface area contributed by atoms with Gasteiger partial charge < -0.3 is 11.1 Å². The third-order valence-electron chi connectivity index (χ3n) is 1.06. The van der Waals surface area contributed by atoms with Gasteiger partial charge >= 0.3 is 0 Å². The Kier molecular flexibility index (Phi) is 5.93. The van der Waals surface area contributed by atoms with Crippen molar-refractivity contribution in [3.63, 3.8) is 0 Å². The average molecular weight is 185 g/mol. The van der Waals surface area contributed by atoms with E-state index in [0.29, 0.717) is 0 Å². The lowest BCUT2D eigenvalue weighted by Gasteiger charge is -1.98. The van der Waals surface area contributed by atoms with E-state index in [-0.39, 0.29) is 5.16 Å². The van der Waals surface area contributed by atoms with Crippen LogP contribution in [0.4, 0.5) is 0 Å². The molecule has 0 unspecified atom stereocenters. The minimum Gasteiger partial charge on any atom is -0.388 e. The average Bonchev–Trinajstić information content (AvgIpc) is 2.05. The van der Waals surface area contributed by atoms with Gasteiger partial charge in [-0.1, -0.05) is 30.3 Å². The van der Waals surface area contributed by atoms with Crippen LogP contribution < -0.4 is 11.1 Å². The van der Waals surface area contributed by atoms with Crippen LogP contribution in [0, 0.1) is 0 Å². The summed E-state index contributed by atoms with van der Waals surface area (Å²) in [4.78, 5) is 0. The summed E-state index contributed by atoms with van der Waals surface area (Å²) < 4.78 is 0. The summed E-state index contributed by atoms with van der Waals surface area (Å²) in [7, 11) is 0. The number of allylic oxidation sites excluding steroid dienone is 4. The van der Waals surface area contributed by atoms with Gasteiger partial charge in [-0.05, 0) is 19.1 Å². The largest absolute Gasteiger partial charge is 0.388 e. The molecular weight excluding hydrogens is 172 g/mol. The molecule has 0 atom stereocenters. The molecular formula is C9H13ClN2. The van der Waals surface area contributed by atoms with Crippen LogP contribution in [0.2, 0.25) is 0 Å². The van der Waals surface area contributed by atoms with E-state index in [1.807, 2.05) is 25.2 Å². The molecule has 2 nitrogen and oxygen atoms in total. The highest BCUT2D eigenvalue weighted by Gasteiger charge is 1.84. The molecule has 0 aliphatic carbocycles. The maximum absolute atomic E-state index is 5.41. The molecule has 0 aromatic heterocycles. The highest BCUT2D eigenvalue weighted by Crippen LogP contribution is 1.94. The maximum Gasteiger partial charge on any atom is 0.115 e. The van der Waals surface area contributed by atoms with E-state index in [1.54, 1.807) is 6.08 Å². The summed E-state index contributed by atoms with van der Waals surface area (Å²) in [5, 5.41) is 3.09. The molecule has 0 saturated carbocycles. The molecule has 66 valence electrons. The topological polar surface area (TPSA) is 38.0 Å². The van der Waals surface area contributed by atoms with Crippen molar-refractivity contribution in [1.82, 2.24) is 5.32 Å². The van der Waals surface area contributed by atoms with E-state index < -0.39 is 0 Å². The summed E-state index contributed by atoms with van der Waals surface area (Å²) in [5.74, 6) is 0. The highest BCUT2D eigenvalue weighted by atomic mass is 35.5. The maximum atomic E-state index is 5.41. The first kappa shape index (κ1) is 10.8. The van der Waals surface area contributed by atoms with Crippen LogP contribution in [0.25, 0.3) is 0 Å². The minimum atomic E-state index is 0.211. The van der Waals surface area contributed by atoms with Crippen LogP contribution >= 0.6 is 11.6 Å². The summed E-state index contributed by atoms with van der Waals surface area (Å²) in [6.45, 7) is 5.55. The van der Waals surface area contributed by atoms with E-state index in [0.717, 1.165) is 5.70 Å². The third-order valence-corrected chi connectivity index (χ3v) is 1.17. The SMILES string of the molecule is C=C/C(=C/C=C\C)N/C=C(\N)Cl. The second-order valence-electron chi connectivity index (χ2n) is 2.03. The second-order valence-corrected chi connectivity index (χ2v) is 2.46. The summed E-state index contributed by atoms with van der Waals surface area (Å²) in [6.07, 6.45) is 8.85. The molecule has 3 N–H and O–H groups in total. The van der Waals surface area contributed by atoms with Crippen LogP contribution in [-0.4, -0.2) is 0 Å². The van der Waals surface area contributed by atoms with Crippen LogP contribution in [0.15, 0.2) is 47.9 Å². The van der Waals surface area contributed by atoms with Crippen molar-refractivity contribution in [2.45, 2.75) is 6.92 Å². The first-order chi connectivity index (χ1) is 5.70.